The van der Waals surface area contributed by atoms with Crippen molar-refractivity contribution in [2.24, 2.45) is 10.1 Å². The molecule has 1 atom stereocenters. The molecule has 4 rings (SSSR count). The quantitative estimate of drug-likeness (QED) is 0.900. The minimum absolute atomic E-state index is 0.134. The molecular weight excluding hydrogens is 332 g/mol. The Balaban J connectivity index is 1.94. The van der Waals surface area contributed by atoms with Crippen LogP contribution in [-0.2, 0) is 4.79 Å². The van der Waals surface area contributed by atoms with Gasteiger partial charge < -0.3 is 0 Å². The van der Waals surface area contributed by atoms with Crippen LogP contribution in [0.15, 0.2) is 58.6 Å². The number of amides is 1. The lowest BCUT2D eigenvalue weighted by Crippen LogP contribution is -2.50. The molecule has 2 heterocycles. The van der Waals surface area contributed by atoms with Gasteiger partial charge in [0.1, 0.15) is 5.70 Å². The Labute approximate surface area is 150 Å². The number of nitrogens with one attached hydrogen (secondary N) is 1. The molecule has 0 saturated heterocycles. The van der Waals surface area contributed by atoms with E-state index < -0.39 is 0 Å². The number of hydrogen-bond acceptors (Lipinski definition) is 5. The fraction of sp³-hybridized carbons (Fsp3) is 0.211. The number of thioether (sulfide) groups is 1. The maximum absolute atomic E-state index is 12.8. The number of para-hydroxylation sites is 1. The molecule has 2 aliphatic heterocycles. The number of carbonyl (C=O) groups excluding carboxylic acids is 1. The van der Waals surface area contributed by atoms with Crippen LogP contribution in [0.2, 0.25) is 0 Å². The van der Waals surface area contributed by atoms with Crippen molar-refractivity contribution < 1.29 is 4.79 Å². The fourth-order valence-electron chi connectivity index (χ4n) is 2.98. The summed E-state index contributed by atoms with van der Waals surface area (Å²) in [6, 6.07) is 15.9. The smallest absolute Gasteiger partial charge is 0.276 e. The molecular formula is C19H18N4OS. The minimum atomic E-state index is -0.344. The first kappa shape index (κ1) is 15.9. The number of fused-ring (bicyclic) bond motifs is 2. The molecule has 2 aromatic carbocycles. The Bertz CT molecular complexity index is 981. The van der Waals surface area contributed by atoms with Crippen LogP contribution >= 0.6 is 11.8 Å². The van der Waals surface area contributed by atoms with Gasteiger partial charge in [-0.2, -0.15) is 0 Å². The third-order valence-electron chi connectivity index (χ3n) is 4.17. The van der Waals surface area contributed by atoms with Crippen molar-refractivity contribution in [2.45, 2.75) is 20.0 Å². The Morgan fingerprint density at radius 2 is 1.92 bits per heavy atom. The molecule has 0 aromatic heterocycles. The second-order valence-electron chi connectivity index (χ2n) is 5.92. The van der Waals surface area contributed by atoms with Gasteiger partial charge >= 0.3 is 0 Å². The highest BCUT2D eigenvalue weighted by Crippen LogP contribution is 2.30. The van der Waals surface area contributed by atoms with Crippen molar-refractivity contribution in [1.29, 1.82) is 0 Å². The van der Waals surface area contributed by atoms with Gasteiger partial charge in [-0.3, -0.25) is 15.1 Å². The average molecular weight is 350 g/mol. The lowest BCUT2D eigenvalue weighted by Gasteiger charge is -2.34. The summed E-state index contributed by atoms with van der Waals surface area (Å²) < 4.78 is 0. The molecule has 0 fully saturated rings. The molecule has 0 spiro atoms. The van der Waals surface area contributed by atoms with Crippen LogP contribution in [0, 0.1) is 6.92 Å². The van der Waals surface area contributed by atoms with Crippen molar-refractivity contribution in [2.75, 3.05) is 5.75 Å². The number of aryl methyl sites for hydroxylation is 1. The Morgan fingerprint density at radius 1 is 1.16 bits per heavy atom. The zero-order chi connectivity index (χ0) is 17.4. The average Bonchev–Trinajstić information content (AvgIpc) is 2.62. The van der Waals surface area contributed by atoms with Crippen LogP contribution in [0.5, 0.6) is 0 Å². The summed E-state index contributed by atoms with van der Waals surface area (Å²) in [5.74, 6) is 0.705. The van der Waals surface area contributed by atoms with E-state index >= 15 is 0 Å². The molecule has 25 heavy (non-hydrogen) atoms. The molecule has 0 unspecified atom stereocenters. The van der Waals surface area contributed by atoms with Crippen LogP contribution in [-0.4, -0.2) is 21.8 Å². The van der Waals surface area contributed by atoms with E-state index in [9.17, 15) is 4.79 Å². The van der Waals surface area contributed by atoms with Crippen LogP contribution in [0.3, 0.4) is 0 Å². The first-order valence-corrected chi connectivity index (χ1v) is 9.21. The maximum atomic E-state index is 12.8. The SMILES string of the molecule is CCSC1=NN2C(=c3ccccc3=N[C@H]2c2ccc(C)cc2)C(=O)N1. The number of rotatable bonds is 2. The monoisotopic (exact) mass is 350 g/mol. The second-order valence-corrected chi connectivity index (χ2v) is 7.17. The molecule has 0 bridgehead atoms. The van der Waals surface area contributed by atoms with E-state index in [0.717, 1.165) is 21.9 Å². The molecule has 5 nitrogen and oxygen atoms in total. The third kappa shape index (κ3) is 2.82. The molecule has 126 valence electrons. The summed E-state index contributed by atoms with van der Waals surface area (Å²) in [6.45, 7) is 4.09. The van der Waals surface area contributed by atoms with Gasteiger partial charge in [-0.25, -0.2) is 5.01 Å². The summed E-state index contributed by atoms with van der Waals surface area (Å²) >= 11 is 1.51. The lowest BCUT2D eigenvalue weighted by atomic mass is 10.1. The van der Waals surface area contributed by atoms with Gasteiger partial charge in [0.25, 0.3) is 5.91 Å². The standard InChI is InChI=1S/C19H18N4OS/c1-3-25-19-21-18(24)16-14-6-4-5-7-15(14)20-17(23(16)22-19)13-10-8-12(2)9-11-13/h4-11,17H,3H2,1-2H3,(H,21,22,24)/t17-/m1/s1. The Morgan fingerprint density at radius 3 is 2.68 bits per heavy atom. The van der Waals surface area contributed by atoms with Crippen LogP contribution in [0.25, 0.3) is 5.70 Å². The fourth-order valence-corrected chi connectivity index (χ4v) is 3.57. The van der Waals surface area contributed by atoms with Crippen LogP contribution in [0.4, 0.5) is 0 Å². The van der Waals surface area contributed by atoms with Gasteiger partial charge in [0, 0.05) is 5.22 Å². The number of hydrazone groups is 1. The number of benzene rings is 2. The highest BCUT2D eigenvalue weighted by molar-refractivity contribution is 8.13. The first-order valence-electron chi connectivity index (χ1n) is 8.23. The molecule has 1 amide bonds. The predicted octanol–water partition coefficient (Wildman–Crippen LogP) is 1.89. The van der Waals surface area contributed by atoms with Gasteiger partial charge in [-0.05, 0) is 24.3 Å². The molecule has 0 saturated carbocycles. The number of hydrogen-bond donors (Lipinski definition) is 1. The van der Waals surface area contributed by atoms with Gasteiger partial charge in [-0.1, -0.05) is 66.7 Å². The van der Waals surface area contributed by atoms with Crippen LogP contribution < -0.4 is 15.9 Å². The summed E-state index contributed by atoms with van der Waals surface area (Å²) in [6.07, 6.45) is -0.344. The van der Waals surface area contributed by atoms with Gasteiger partial charge in [-0.15, -0.1) is 5.10 Å². The Kier molecular flexibility index (Phi) is 4.05. The van der Waals surface area contributed by atoms with Gasteiger partial charge in [0.05, 0.1) is 5.36 Å². The molecule has 0 aliphatic carbocycles. The van der Waals surface area contributed by atoms with Crippen molar-refractivity contribution in [3.8, 4) is 0 Å². The Hall–Kier alpha value is -2.60. The second kappa shape index (κ2) is 6.37. The predicted molar refractivity (Wildman–Crippen MR) is 100 cm³/mol. The molecule has 2 aliphatic rings. The number of amidine groups is 1. The van der Waals surface area contributed by atoms with E-state index in [4.69, 9.17) is 4.99 Å². The normalized spacial score (nSPS) is 18.7. The largest absolute Gasteiger partial charge is 0.298 e. The zero-order valence-corrected chi connectivity index (χ0v) is 14.9. The highest BCUT2D eigenvalue weighted by atomic mass is 32.2. The highest BCUT2D eigenvalue weighted by Gasteiger charge is 2.34. The van der Waals surface area contributed by atoms with Crippen molar-refractivity contribution >= 4 is 28.5 Å². The van der Waals surface area contributed by atoms with E-state index in [1.54, 1.807) is 5.01 Å². The molecule has 1 N–H and O–H groups in total. The van der Waals surface area contributed by atoms with Crippen LogP contribution in [0.1, 0.15) is 24.2 Å². The minimum Gasteiger partial charge on any atom is -0.298 e. The maximum Gasteiger partial charge on any atom is 0.276 e. The topological polar surface area (TPSA) is 57.1 Å². The van der Waals surface area contributed by atoms with E-state index in [2.05, 4.69) is 29.5 Å². The molecule has 6 heteroatoms. The molecule has 2 aromatic rings. The van der Waals surface area contributed by atoms with E-state index in [0.29, 0.717) is 10.9 Å². The zero-order valence-electron chi connectivity index (χ0n) is 14.1. The van der Waals surface area contributed by atoms with E-state index in [-0.39, 0.29) is 12.1 Å². The first-order chi connectivity index (χ1) is 12.2. The van der Waals surface area contributed by atoms with E-state index in [1.165, 1.54) is 17.3 Å². The summed E-state index contributed by atoms with van der Waals surface area (Å²) in [5, 5.41) is 11.6. The summed E-state index contributed by atoms with van der Waals surface area (Å²) in [5.41, 5.74) is 2.75. The summed E-state index contributed by atoms with van der Waals surface area (Å²) in [4.78, 5) is 17.6. The van der Waals surface area contributed by atoms with Gasteiger partial charge in [0.2, 0.25) is 0 Å². The van der Waals surface area contributed by atoms with Gasteiger partial charge in [0.15, 0.2) is 11.3 Å². The van der Waals surface area contributed by atoms with Crippen molar-refractivity contribution in [3.63, 3.8) is 0 Å². The molecule has 0 radical (unpaired) electrons. The van der Waals surface area contributed by atoms with Crippen molar-refractivity contribution in [1.82, 2.24) is 10.3 Å². The number of carbonyl (C=O) groups is 1. The summed E-state index contributed by atoms with van der Waals surface area (Å²) in [7, 11) is 0. The lowest BCUT2D eigenvalue weighted by molar-refractivity contribution is -0.116. The number of nitrogens with zero attached hydrogens (tertiary/aromatic N) is 3. The van der Waals surface area contributed by atoms with E-state index in [1.807, 2.05) is 43.3 Å². The van der Waals surface area contributed by atoms with Crippen molar-refractivity contribution in [3.05, 3.63) is 70.2 Å². The third-order valence-corrected chi connectivity index (χ3v) is 4.92.